The maximum Gasteiger partial charge on any atom is 0.280 e. The van der Waals surface area contributed by atoms with E-state index in [9.17, 15) is 19.2 Å². The Morgan fingerprint density at radius 3 is 2.21 bits per heavy atom. The molecule has 3 rings (SSSR count). The number of hydroxylamine groups is 2. The summed E-state index contributed by atoms with van der Waals surface area (Å²) in [4.78, 5) is 61.6. The van der Waals surface area contributed by atoms with Crippen LogP contribution >= 0.6 is 0 Å². The number of carbonyl (C=O) groups excluding carboxylic acids is 4. The first-order valence-electron chi connectivity index (χ1n) is 16.9. The lowest BCUT2D eigenvalue weighted by molar-refractivity contribution is -0.129. The van der Waals surface area contributed by atoms with Crippen molar-refractivity contribution in [3.63, 3.8) is 0 Å². The van der Waals surface area contributed by atoms with Crippen molar-refractivity contribution in [1.29, 1.82) is 0 Å². The number of nitrogens with two attached hydrogens (primary N) is 1. The van der Waals surface area contributed by atoms with Crippen molar-refractivity contribution >= 4 is 41.2 Å². The average Bonchev–Trinajstić information content (AvgIpc) is 3.25. The van der Waals surface area contributed by atoms with Crippen molar-refractivity contribution in [2.24, 2.45) is 16.6 Å². The van der Waals surface area contributed by atoms with E-state index < -0.39 is 29.8 Å². The summed E-state index contributed by atoms with van der Waals surface area (Å²) < 4.78 is 23.1. The molecule has 0 saturated heterocycles. The van der Waals surface area contributed by atoms with Gasteiger partial charge in [0.05, 0.1) is 69.1 Å². The smallest absolute Gasteiger partial charge is 0.280 e. The van der Waals surface area contributed by atoms with Crippen molar-refractivity contribution < 1.29 is 43.0 Å². The number of methoxy groups -OCH3 is 2. The minimum absolute atomic E-state index is 0.118. The zero-order valence-electron chi connectivity index (χ0n) is 31.1. The third-order valence-electron chi connectivity index (χ3n) is 8.16. The topological polar surface area (TPSA) is 195 Å². The zero-order chi connectivity index (χ0) is 38.5. The van der Waals surface area contributed by atoms with Crippen LogP contribution in [0.5, 0.6) is 23.0 Å². The number of hydrogen-bond acceptors (Lipinski definition) is 12. The standard InChI is InChI=1S/C36H51N7O9/c1-10-13-23-20-39-26-18-30(28(48-7)16-24(26)36(47)43(23)50-9)51-14-12-15-52-31-19-27(25(17-29(31)49-8)34(45)38-11-2)42(6)41-33(44)22(5)40-35(46)32(37)21(3)4/h11,16-23,32H,2,10,12-15,37H2,1,3-9H3,(H,38,45)(H,40,46)(H,41,44)/t22-,23-,32-/m0/s1. The van der Waals surface area contributed by atoms with Gasteiger partial charge in [0, 0.05) is 31.8 Å². The number of amides is 4. The van der Waals surface area contributed by atoms with Gasteiger partial charge < -0.3 is 35.3 Å². The molecule has 1 aliphatic heterocycles. The lowest BCUT2D eigenvalue weighted by atomic mass is 10.0. The number of ether oxygens (including phenoxy) is 4. The van der Waals surface area contributed by atoms with E-state index in [0.29, 0.717) is 35.6 Å². The minimum Gasteiger partial charge on any atom is -0.493 e. The molecule has 16 nitrogen and oxygen atoms in total. The van der Waals surface area contributed by atoms with Crippen LogP contribution < -0.4 is 45.7 Å². The molecule has 3 atom stereocenters. The second kappa shape index (κ2) is 19.3. The molecule has 1 heterocycles. The molecule has 0 fully saturated rings. The van der Waals surface area contributed by atoms with Gasteiger partial charge in [-0.3, -0.25) is 39.4 Å². The Morgan fingerprint density at radius 2 is 1.63 bits per heavy atom. The average molecular weight is 726 g/mol. The van der Waals surface area contributed by atoms with E-state index in [2.05, 4.69) is 27.6 Å². The summed E-state index contributed by atoms with van der Waals surface area (Å²) in [5, 5.41) is 7.79. The van der Waals surface area contributed by atoms with E-state index in [-0.39, 0.29) is 53.8 Å². The number of hydrogen-bond donors (Lipinski definition) is 4. The van der Waals surface area contributed by atoms with Gasteiger partial charge in [0.2, 0.25) is 5.91 Å². The Labute approximate surface area is 304 Å². The van der Waals surface area contributed by atoms with Gasteiger partial charge in [-0.15, -0.1) is 0 Å². The van der Waals surface area contributed by atoms with E-state index in [1.807, 2.05) is 6.92 Å². The molecule has 4 amide bonds. The molecule has 0 aromatic heterocycles. The Bertz CT molecular complexity index is 1630. The highest BCUT2D eigenvalue weighted by atomic mass is 16.7. The third kappa shape index (κ3) is 10.1. The zero-order valence-corrected chi connectivity index (χ0v) is 31.1. The molecular formula is C36H51N7O9. The van der Waals surface area contributed by atoms with Gasteiger partial charge >= 0.3 is 0 Å². The number of carbonyl (C=O) groups is 4. The quantitative estimate of drug-likeness (QED) is 0.123. The van der Waals surface area contributed by atoms with Crippen molar-refractivity contribution in [3.05, 3.63) is 48.2 Å². The Morgan fingerprint density at radius 1 is 1.00 bits per heavy atom. The van der Waals surface area contributed by atoms with Gasteiger partial charge in [0.25, 0.3) is 17.7 Å². The number of benzene rings is 2. The van der Waals surface area contributed by atoms with Crippen molar-refractivity contribution in [1.82, 2.24) is 21.1 Å². The molecule has 0 saturated carbocycles. The van der Waals surface area contributed by atoms with Crippen LogP contribution in [0.25, 0.3) is 0 Å². The first-order valence-corrected chi connectivity index (χ1v) is 16.9. The van der Waals surface area contributed by atoms with E-state index in [0.717, 1.165) is 6.42 Å². The summed E-state index contributed by atoms with van der Waals surface area (Å²) in [5.74, 6) is -0.647. The van der Waals surface area contributed by atoms with E-state index in [1.54, 1.807) is 45.3 Å². The number of hydrazine groups is 1. The van der Waals surface area contributed by atoms with Gasteiger partial charge in [-0.2, -0.15) is 0 Å². The van der Waals surface area contributed by atoms with E-state index >= 15 is 0 Å². The van der Waals surface area contributed by atoms with Crippen LogP contribution in [0, 0.1) is 5.92 Å². The van der Waals surface area contributed by atoms with Gasteiger partial charge in [-0.05, 0) is 37.6 Å². The Kier molecular flexibility index (Phi) is 15.3. The molecule has 0 aliphatic carbocycles. The van der Waals surface area contributed by atoms with Crippen LogP contribution in [0.3, 0.4) is 0 Å². The third-order valence-corrected chi connectivity index (χ3v) is 8.16. The molecule has 5 N–H and O–H groups in total. The summed E-state index contributed by atoms with van der Waals surface area (Å²) in [6.45, 7) is 11.1. The number of rotatable bonds is 19. The van der Waals surface area contributed by atoms with Crippen molar-refractivity contribution in [2.45, 2.75) is 65.1 Å². The summed E-state index contributed by atoms with van der Waals surface area (Å²) in [6.07, 6.45) is 4.87. The van der Waals surface area contributed by atoms with Crippen LogP contribution in [0.1, 0.15) is 67.7 Å². The van der Waals surface area contributed by atoms with E-state index in [4.69, 9.17) is 29.5 Å². The highest BCUT2D eigenvalue weighted by Crippen LogP contribution is 2.38. The second-order valence-corrected chi connectivity index (χ2v) is 12.3. The SMILES string of the molecule is C=CNC(=O)c1cc(OC)c(OCCCOc2cc3c(cc2OC)C(=O)N(OC)[C@@H](CCC)C=N3)cc1N(C)NC(=O)[C@H](C)NC(=O)[C@@H](N)C(C)C. The molecule has 52 heavy (non-hydrogen) atoms. The molecule has 284 valence electrons. The summed E-state index contributed by atoms with van der Waals surface area (Å²) in [5.41, 5.74) is 9.79. The van der Waals surface area contributed by atoms with Crippen molar-refractivity contribution in [2.75, 3.05) is 46.6 Å². The lowest BCUT2D eigenvalue weighted by Crippen LogP contribution is -2.54. The molecule has 16 heteroatoms. The monoisotopic (exact) mass is 725 g/mol. The van der Waals surface area contributed by atoms with Gasteiger partial charge in [0.1, 0.15) is 6.04 Å². The molecule has 2 aromatic carbocycles. The molecule has 0 unspecified atom stereocenters. The Balaban J connectivity index is 1.75. The molecule has 2 aromatic rings. The van der Waals surface area contributed by atoms with Gasteiger partial charge in [-0.1, -0.05) is 33.8 Å². The van der Waals surface area contributed by atoms with Crippen LogP contribution in [0.15, 0.2) is 42.0 Å². The molecule has 0 bridgehead atoms. The number of nitrogens with one attached hydrogen (secondary N) is 3. The molecule has 0 radical (unpaired) electrons. The Hall–Kier alpha value is -5.35. The van der Waals surface area contributed by atoms with Crippen LogP contribution in [0.4, 0.5) is 11.4 Å². The van der Waals surface area contributed by atoms with Crippen molar-refractivity contribution in [3.8, 4) is 23.0 Å². The first kappa shape index (κ1) is 41.1. The number of nitrogens with zero attached hydrogens (tertiary/aromatic N) is 3. The predicted octanol–water partition coefficient (Wildman–Crippen LogP) is 3.27. The molecule has 1 aliphatic rings. The summed E-state index contributed by atoms with van der Waals surface area (Å²) >= 11 is 0. The fraction of sp³-hybridized carbons (Fsp3) is 0.472. The minimum atomic E-state index is -0.928. The first-order chi connectivity index (χ1) is 24.8. The van der Waals surface area contributed by atoms with Gasteiger partial charge in [-0.25, -0.2) is 5.06 Å². The van der Waals surface area contributed by atoms with Gasteiger partial charge in [0.15, 0.2) is 23.0 Å². The normalized spacial score (nSPS) is 14.8. The number of aliphatic imine (C=N–C) groups is 1. The lowest BCUT2D eigenvalue weighted by Gasteiger charge is -2.26. The fourth-order valence-corrected chi connectivity index (χ4v) is 5.18. The fourth-order valence-electron chi connectivity index (χ4n) is 5.18. The summed E-state index contributed by atoms with van der Waals surface area (Å²) in [6, 6.07) is 4.25. The highest BCUT2D eigenvalue weighted by molar-refractivity contribution is 6.03. The van der Waals surface area contributed by atoms with Crippen LogP contribution in [-0.2, 0) is 14.4 Å². The van der Waals surface area contributed by atoms with Crippen LogP contribution in [-0.4, -0.2) is 94.6 Å². The summed E-state index contributed by atoms with van der Waals surface area (Å²) in [7, 11) is 5.91. The highest BCUT2D eigenvalue weighted by Gasteiger charge is 2.30. The number of anilines is 1. The molecule has 0 spiro atoms. The maximum atomic E-state index is 13.3. The van der Waals surface area contributed by atoms with Crippen LogP contribution in [0.2, 0.25) is 0 Å². The predicted molar refractivity (Wildman–Crippen MR) is 196 cm³/mol. The van der Waals surface area contributed by atoms with E-state index in [1.165, 1.54) is 50.6 Å². The largest absolute Gasteiger partial charge is 0.493 e. The number of fused-ring (bicyclic) bond motifs is 1. The molecular weight excluding hydrogens is 674 g/mol. The maximum absolute atomic E-state index is 13.3. The second-order valence-electron chi connectivity index (χ2n) is 12.3.